The monoisotopic (exact) mass is 308 g/mol. The van der Waals surface area contributed by atoms with Crippen LogP contribution in [0.3, 0.4) is 0 Å². The number of amides is 1. The standard InChI is InChI=1S/C18H20N4O/c23-18(10-12-5-6-15-14(9-12)7-8-19-15)20-17-11-16(21-22-17)13-3-1-2-4-13/h5-9,11,13,19H,1-4,10H2,(H2,20,21,22,23). The summed E-state index contributed by atoms with van der Waals surface area (Å²) in [5.74, 6) is 1.16. The van der Waals surface area contributed by atoms with E-state index < -0.39 is 0 Å². The van der Waals surface area contributed by atoms with Gasteiger partial charge in [-0.3, -0.25) is 9.89 Å². The van der Waals surface area contributed by atoms with Gasteiger partial charge in [0.1, 0.15) is 0 Å². The Balaban J connectivity index is 1.41. The molecule has 1 aliphatic rings. The smallest absolute Gasteiger partial charge is 0.229 e. The molecule has 1 saturated carbocycles. The lowest BCUT2D eigenvalue weighted by Gasteiger charge is -2.04. The Morgan fingerprint density at radius 3 is 2.96 bits per heavy atom. The molecule has 0 aliphatic heterocycles. The van der Waals surface area contributed by atoms with Crippen LogP contribution in [-0.2, 0) is 11.2 Å². The van der Waals surface area contributed by atoms with Crippen LogP contribution in [0.5, 0.6) is 0 Å². The summed E-state index contributed by atoms with van der Waals surface area (Å²) in [7, 11) is 0. The van der Waals surface area contributed by atoms with Crippen LogP contribution in [0.25, 0.3) is 10.9 Å². The van der Waals surface area contributed by atoms with E-state index in [1.54, 1.807) is 0 Å². The summed E-state index contributed by atoms with van der Waals surface area (Å²) < 4.78 is 0. The molecule has 1 fully saturated rings. The van der Waals surface area contributed by atoms with Crippen LogP contribution in [0.2, 0.25) is 0 Å². The highest BCUT2D eigenvalue weighted by Gasteiger charge is 2.19. The van der Waals surface area contributed by atoms with Crippen LogP contribution in [0.1, 0.15) is 42.9 Å². The van der Waals surface area contributed by atoms with Gasteiger partial charge in [-0.05, 0) is 42.0 Å². The topological polar surface area (TPSA) is 73.6 Å². The van der Waals surface area contributed by atoms with Gasteiger partial charge in [0.05, 0.1) is 6.42 Å². The number of hydrogen-bond acceptors (Lipinski definition) is 2. The molecule has 5 heteroatoms. The number of benzene rings is 1. The minimum Gasteiger partial charge on any atom is -0.361 e. The molecule has 4 rings (SSSR count). The lowest BCUT2D eigenvalue weighted by Crippen LogP contribution is -2.14. The fourth-order valence-corrected chi connectivity index (χ4v) is 3.43. The number of carbonyl (C=O) groups is 1. The molecule has 0 bridgehead atoms. The summed E-state index contributed by atoms with van der Waals surface area (Å²) in [6.07, 6.45) is 7.26. The molecule has 5 nitrogen and oxygen atoms in total. The molecule has 118 valence electrons. The third-order valence-electron chi connectivity index (χ3n) is 4.64. The number of fused-ring (bicyclic) bond motifs is 1. The Morgan fingerprint density at radius 1 is 1.22 bits per heavy atom. The van der Waals surface area contributed by atoms with E-state index in [1.165, 1.54) is 25.7 Å². The third-order valence-corrected chi connectivity index (χ3v) is 4.64. The first-order chi connectivity index (χ1) is 11.3. The predicted octanol–water partition coefficient (Wildman–Crippen LogP) is 3.73. The number of H-pyrrole nitrogens is 2. The van der Waals surface area contributed by atoms with Crippen LogP contribution in [0.15, 0.2) is 36.5 Å². The summed E-state index contributed by atoms with van der Waals surface area (Å²) in [5, 5.41) is 11.3. The minimum absolute atomic E-state index is 0.0376. The van der Waals surface area contributed by atoms with E-state index in [-0.39, 0.29) is 5.91 Å². The van der Waals surface area contributed by atoms with E-state index in [0.717, 1.165) is 22.2 Å². The summed E-state index contributed by atoms with van der Waals surface area (Å²) in [6, 6.07) is 10.0. The fourth-order valence-electron chi connectivity index (χ4n) is 3.43. The molecule has 0 unspecified atom stereocenters. The Morgan fingerprint density at radius 2 is 2.09 bits per heavy atom. The third kappa shape index (κ3) is 2.99. The van der Waals surface area contributed by atoms with Gasteiger partial charge in [0.2, 0.25) is 5.91 Å². The second kappa shape index (κ2) is 5.91. The second-order valence-corrected chi connectivity index (χ2v) is 6.31. The maximum Gasteiger partial charge on any atom is 0.229 e. The van der Waals surface area contributed by atoms with Crippen molar-refractivity contribution in [3.05, 3.63) is 47.8 Å². The van der Waals surface area contributed by atoms with Gasteiger partial charge in [-0.2, -0.15) is 5.10 Å². The van der Waals surface area contributed by atoms with Crippen molar-refractivity contribution in [2.45, 2.75) is 38.0 Å². The zero-order valence-corrected chi connectivity index (χ0v) is 12.9. The summed E-state index contributed by atoms with van der Waals surface area (Å²) in [5.41, 5.74) is 3.23. The molecule has 23 heavy (non-hydrogen) atoms. The van der Waals surface area contributed by atoms with Crippen molar-refractivity contribution >= 4 is 22.6 Å². The average molecular weight is 308 g/mol. The molecule has 0 radical (unpaired) electrons. The molecule has 3 N–H and O–H groups in total. The maximum atomic E-state index is 12.2. The molecule has 2 aromatic heterocycles. The molecule has 0 spiro atoms. The molecule has 1 aromatic carbocycles. The van der Waals surface area contributed by atoms with Gasteiger partial charge in [0.15, 0.2) is 5.82 Å². The number of rotatable bonds is 4. The minimum atomic E-state index is -0.0376. The van der Waals surface area contributed by atoms with Gasteiger partial charge < -0.3 is 10.3 Å². The first kappa shape index (κ1) is 14.1. The largest absolute Gasteiger partial charge is 0.361 e. The second-order valence-electron chi connectivity index (χ2n) is 6.31. The number of aromatic nitrogens is 3. The molecule has 1 amide bonds. The molecular formula is C18H20N4O. The first-order valence-corrected chi connectivity index (χ1v) is 8.19. The van der Waals surface area contributed by atoms with Gasteiger partial charge in [0.25, 0.3) is 0 Å². The van der Waals surface area contributed by atoms with E-state index in [0.29, 0.717) is 18.2 Å². The zero-order valence-electron chi connectivity index (χ0n) is 12.9. The van der Waals surface area contributed by atoms with E-state index in [1.807, 2.05) is 36.5 Å². The van der Waals surface area contributed by atoms with Gasteiger partial charge in [-0.15, -0.1) is 0 Å². The SMILES string of the molecule is O=C(Cc1ccc2[nH]ccc2c1)Nc1cc(C2CCCC2)[nH]n1. The highest BCUT2D eigenvalue weighted by Crippen LogP contribution is 2.33. The Hall–Kier alpha value is -2.56. The van der Waals surface area contributed by atoms with Crippen LogP contribution >= 0.6 is 0 Å². The predicted molar refractivity (Wildman–Crippen MR) is 90.4 cm³/mol. The van der Waals surface area contributed by atoms with Gasteiger partial charge in [0, 0.05) is 29.4 Å². The van der Waals surface area contributed by atoms with Crippen molar-refractivity contribution in [3.8, 4) is 0 Å². The lowest BCUT2D eigenvalue weighted by molar-refractivity contribution is -0.115. The van der Waals surface area contributed by atoms with E-state index in [9.17, 15) is 4.79 Å². The molecule has 1 aliphatic carbocycles. The lowest BCUT2D eigenvalue weighted by atomic mass is 10.0. The normalized spacial score (nSPS) is 15.3. The van der Waals surface area contributed by atoms with Crippen molar-refractivity contribution in [1.82, 2.24) is 15.2 Å². The van der Waals surface area contributed by atoms with E-state index in [4.69, 9.17) is 0 Å². The Bertz CT molecular complexity index is 826. The molecule has 2 heterocycles. The van der Waals surface area contributed by atoms with Crippen molar-refractivity contribution in [1.29, 1.82) is 0 Å². The van der Waals surface area contributed by atoms with Crippen molar-refractivity contribution in [2.75, 3.05) is 5.32 Å². The molecule has 3 aromatic rings. The number of aromatic amines is 2. The zero-order chi connectivity index (χ0) is 15.6. The fraction of sp³-hybridized carbons (Fsp3) is 0.333. The number of carbonyl (C=O) groups excluding carboxylic acids is 1. The number of nitrogens with one attached hydrogen (secondary N) is 3. The van der Waals surface area contributed by atoms with Crippen molar-refractivity contribution in [2.24, 2.45) is 0 Å². The van der Waals surface area contributed by atoms with E-state index in [2.05, 4.69) is 20.5 Å². The van der Waals surface area contributed by atoms with Gasteiger partial charge in [-0.1, -0.05) is 18.9 Å². The maximum absolute atomic E-state index is 12.2. The molecular weight excluding hydrogens is 288 g/mol. The number of nitrogens with zero attached hydrogens (tertiary/aromatic N) is 1. The van der Waals surface area contributed by atoms with Crippen LogP contribution in [-0.4, -0.2) is 21.1 Å². The first-order valence-electron chi connectivity index (χ1n) is 8.19. The van der Waals surface area contributed by atoms with Crippen molar-refractivity contribution in [3.63, 3.8) is 0 Å². The summed E-state index contributed by atoms with van der Waals surface area (Å²) in [6.45, 7) is 0. The summed E-state index contributed by atoms with van der Waals surface area (Å²) >= 11 is 0. The summed E-state index contributed by atoms with van der Waals surface area (Å²) in [4.78, 5) is 15.4. The number of hydrogen-bond donors (Lipinski definition) is 3. The highest BCUT2D eigenvalue weighted by molar-refractivity contribution is 5.92. The quantitative estimate of drug-likeness (QED) is 0.687. The highest BCUT2D eigenvalue weighted by atomic mass is 16.1. The van der Waals surface area contributed by atoms with Crippen LogP contribution in [0.4, 0.5) is 5.82 Å². The average Bonchev–Trinajstić information content (AvgIpc) is 3.27. The van der Waals surface area contributed by atoms with E-state index >= 15 is 0 Å². The van der Waals surface area contributed by atoms with Crippen LogP contribution < -0.4 is 5.32 Å². The van der Waals surface area contributed by atoms with Gasteiger partial charge in [-0.25, -0.2) is 0 Å². The Kier molecular flexibility index (Phi) is 3.61. The van der Waals surface area contributed by atoms with Gasteiger partial charge >= 0.3 is 0 Å². The number of anilines is 1. The van der Waals surface area contributed by atoms with Crippen LogP contribution in [0, 0.1) is 0 Å². The molecule has 0 atom stereocenters. The molecule has 0 saturated heterocycles. The Labute approximate surface area is 134 Å². The van der Waals surface area contributed by atoms with Crippen molar-refractivity contribution < 1.29 is 4.79 Å².